The summed E-state index contributed by atoms with van der Waals surface area (Å²) in [7, 11) is 2.20. The summed E-state index contributed by atoms with van der Waals surface area (Å²) < 4.78 is 0. The first-order chi connectivity index (χ1) is 13.7. The molecule has 1 N–H and O–H groups in total. The van der Waals surface area contributed by atoms with Gasteiger partial charge in [-0.2, -0.15) is 0 Å². The lowest BCUT2D eigenvalue weighted by Gasteiger charge is -2.49. The van der Waals surface area contributed by atoms with Gasteiger partial charge in [-0.05, 0) is 57.0 Å². The molecule has 0 radical (unpaired) electrons. The van der Waals surface area contributed by atoms with Crippen molar-refractivity contribution in [3.8, 4) is 0 Å². The molecule has 148 valence electrons. The van der Waals surface area contributed by atoms with Gasteiger partial charge in [0.05, 0.1) is 17.6 Å². The monoisotopic (exact) mass is 379 g/mol. The maximum atomic E-state index is 13.1. The molecule has 1 spiro atoms. The number of carbonyl (C=O) groups is 1. The molecule has 28 heavy (non-hydrogen) atoms. The first-order valence-corrected chi connectivity index (χ1v) is 10.6. The van der Waals surface area contributed by atoms with Crippen LogP contribution >= 0.6 is 0 Å². The summed E-state index contributed by atoms with van der Waals surface area (Å²) in [5.74, 6) is 0.156. The summed E-state index contributed by atoms with van der Waals surface area (Å²) in [6.45, 7) is 4.86. The fourth-order valence-corrected chi connectivity index (χ4v) is 5.26. The molecule has 2 aromatic rings. The molecule has 4 heterocycles. The Labute approximate surface area is 166 Å². The highest BCUT2D eigenvalue weighted by Crippen LogP contribution is 2.41. The molecule has 0 unspecified atom stereocenters. The molecule has 1 aromatic heterocycles. The third-order valence-electron chi connectivity index (χ3n) is 7.05. The average molecular weight is 380 g/mol. The molecular weight excluding hydrogens is 350 g/mol. The average Bonchev–Trinajstić information content (AvgIpc) is 3.43. The number of nitrogens with one attached hydrogen (secondary N) is 1. The van der Waals surface area contributed by atoms with E-state index in [1.807, 2.05) is 23.4 Å². The van der Waals surface area contributed by atoms with Crippen LogP contribution in [0.25, 0.3) is 0 Å². The molecule has 3 aliphatic heterocycles. The third kappa shape index (κ3) is 2.82. The number of piperidine rings is 1. The maximum Gasteiger partial charge on any atom is 0.253 e. The number of imidazole rings is 1. The van der Waals surface area contributed by atoms with Crippen LogP contribution in [-0.4, -0.2) is 65.4 Å². The molecule has 1 aromatic carbocycles. The van der Waals surface area contributed by atoms with E-state index in [1.54, 1.807) is 0 Å². The highest BCUT2D eigenvalue weighted by atomic mass is 16.2. The first kappa shape index (κ1) is 17.7. The lowest BCUT2D eigenvalue weighted by molar-refractivity contribution is 0.0226. The first-order valence-electron chi connectivity index (χ1n) is 10.6. The predicted octanol–water partition coefficient (Wildman–Crippen LogP) is 2.63. The molecule has 6 heteroatoms. The topological polar surface area (TPSA) is 55.5 Å². The van der Waals surface area contributed by atoms with E-state index >= 15 is 0 Å². The largest absolute Gasteiger partial charge is 0.372 e. The Morgan fingerprint density at radius 2 is 1.75 bits per heavy atom. The second-order valence-electron chi connectivity index (χ2n) is 8.47. The molecule has 3 aliphatic rings. The van der Waals surface area contributed by atoms with Crippen molar-refractivity contribution in [2.45, 2.75) is 37.6 Å². The summed E-state index contributed by atoms with van der Waals surface area (Å²) in [6, 6.07) is 8.21. The fourth-order valence-electron chi connectivity index (χ4n) is 5.26. The Bertz CT molecular complexity index is 844. The van der Waals surface area contributed by atoms with Crippen LogP contribution in [0.2, 0.25) is 0 Å². The van der Waals surface area contributed by atoms with Crippen LogP contribution in [0, 0.1) is 0 Å². The number of aromatic amines is 1. The van der Waals surface area contributed by atoms with Gasteiger partial charge in [-0.3, -0.25) is 9.69 Å². The summed E-state index contributed by atoms with van der Waals surface area (Å²) in [5, 5.41) is 0. The van der Waals surface area contributed by atoms with Gasteiger partial charge in [-0.25, -0.2) is 4.98 Å². The normalized spacial score (nSPS) is 21.9. The Morgan fingerprint density at radius 1 is 1.04 bits per heavy atom. The van der Waals surface area contributed by atoms with E-state index < -0.39 is 0 Å². The molecule has 5 rings (SSSR count). The molecule has 0 bridgehead atoms. The highest BCUT2D eigenvalue weighted by molar-refractivity contribution is 5.94. The Kier molecular flexibility index (Phi) is 4.38. The number of fused-ring (bicyclic) bond motifs is 2. The van der Waals surface area contributed by atoms with Crippen molar-refractivity contribution in [3.63, 3.8) is 0 Å². The van der Waals surface area contributed by atoms with Crippen molar-refractivity contribution in [3.05, 3.63) is 47.5 Å². The third-order valence-corrected chi connectivity index (χ3v) is 7.05. The summed E-state index contributed by atoms with van der Waals surface area (Å²) in [6.07, 6.45) is 7.27. The number of anilines is 1. The number of benzene rings is 1. The number of carbonyl (C=O) groups excluding carboxylic acids is 1. The minimum absolute atomic E-state index is 0.0238. The highest BCUT2D eigenvalue weighted by Gasteiger charge is 2.45. The number of hydrogen-bond acceptors (Lipinski definition) is 4. The van der Waals surface area contributed by atoms with Crippen LogP contribution in [0.1, 0.15) is 47.4 Å². The standard InChI is InChI=1S/C22H29N5O/c1-25-13-8-19-20(24-16-23-19)22(25)9-14-27(15-10-22)21(28)17-4-6-18(7-5-17)26-11-2-3-12-26/h4-7,16H,2-3,8-15H2,1H3,(H,23,24). The van der Waals surface area contributed by atoms with E-state index in [-0.39, 0.29) is 11.4 Å². The van der Waals surface area contributed by atoms with E-state index in [4.69, 9.17) is 0 Å². The van der Waals surface area contributed by atoms with Crippen LogP contribution in [-0.2, 0) is 12.0 Å². The van der Waals surface area contributed by atoms with E-state index in [0.717, 1.165) is 57.5 Å². The number of aromatic nitrogens is 2. The smallest absolute Gasteiger partial charge is 0.253 e. The van der Waals surface area contributed by atoms with Crippen molar-refractivity contribution in [1.29, 1.82) is 0 Å². The van der Waals surface area contributed by atoms with E-state index in [1.165, 1.54) is 29.9 Å². The zero-order chi connectivity index (χ0) is 19.1. The van der Waals surface area contributed by atoms with Gasteiger partial charge in [0.2, 0.25) is 0 Å². The van der Waals surface area contributed by atoms with E-state index in [9.17, 15) is 4.79 Å². The molecule has 0 atom stereocenters. The number of likely N-dealkylation sites (N-methyl/N-ethyl adjacent to an activating group) is 1. The van der Waals surface area contributed by atoms with Gasteiger partial charge in [0.1, 0.15) is 0 Å². The molecule has 6 nitrogen and oxygen atoms in total. The van der Waals surface area contributed by atoms with Gasteiger partial charge < -0.3 is 14.8 Å². The number of nitrogens with zero attached hydrogens (tertiary/aromatic N) is 4. The zero-order valence-electron chi connectivity index (χ0n) is 16.7. The zero-order valence-corrected chi connectivity index (χ0v) is 16.7. The number of hydrogen-bond donors (Lipinski definition) is 1. The number of amides is 1. The van der Waals surface area contributed by atoms with Gasteiger partial charge in [-0.1, -0.05) is 0 Å². The number of likely N-dealkylation sites (tertiary alicyclic amines) is 1. The van der Waals surface area contributed by atoms with Crippen LogP contribution in [0.4, 0.5) is 5.69 Å². The fraction of sp³-hybridized carbons (Fsp3) is 0.545. The maximum absolute atomic E-state index is 13.1. The summed E-state index contributed by atoms with van der Waals surface area (Å²) in [4.78, 5) is 27.9. The molecular formula is C22H29N5O. The Hall–Kier alpha value is -2.34. The molecule has 1 amide bonds. The lowest BCUT2D eigenvalue weighted by atomic mass is 9.79. The summed E-state index contributed by atoms with van der Waals surface area (Å²) in [5.41, 5.74) is 4.49. The van der Waals surface area contributed by atoms with E-state index in [2.05, 4.69) is 38.9 Å². The number of H-pyrrole nitrogens is 1. The predicted molar refractivity (Wildman–Crippen MR) is 110 cm³/mol. The van der Waals surface area contributed by atoms with Crippen LogP contribution < -0.4 is 4.90 Å². The SMILES string of the molecule is CN1CCc2[nH]cnc2C12CCN(C(=O)c1ccc(N3CCCC3)cc1)CC2. The van der Waals surface area contributed by atoms with Crippen LogP contribution in [0.5, 0.6) is 0 Å². The van der Waals surface area contributed by atoms with Crippen LogP contribution in [0.15, 0.2) is 30.6 Å². The number of rotatable bonds is 2. The Balaban J connectivity index is 1.29. The molecule has 0 saturated carbocycles. The lowest BCUT2D eigenvalue weighted by Crippen LogP contribution is -2.55. The minimum atomic E-state index is -0.0238. The van der Waals surface area contributed by atoms with Gasteiger partial charge in [0.15, 0.2) is 0 Å². The minimum Gasteiger partial charge on any atom is -0.372 e. The van der Waals surface area contributed by atoms with Crippen molar-refractivity contribution in [2.75, 3.05) is 44.7 Å². The van der Waals surface area contributed by atoms with Crippen molar-refractivity contribution < 1.29 is 4.79 Å². The second-order valence-corrected chi connectivity index (χ2v) is 8.47. The van der Waals surface area contributed by atoms with Gasteiger partial charge in [0.25, 0.3) is 5.91 Å². The van der Waals surface area contributed by atoms with Crippen molar-refractivity contribution >= 4 is 11.6 Å². The van der Waals surface area contributed by atoms with Gasteiger partial charge in [0, 0.05) is 56.1 Å². The Morgan fingerprint density at radius 3 is 2.46 bits per heavy atom. The summed E-state index contributed by atoms with van der Waals surface area (Å²) >= 11 is 0. The molecule has 0 aliphatic carbocycles. The van der Waals surface area contributed by atoms with Crippen molar-refractivity contribution in [2.24, 2.45) is 0 Å². The van der Waals surface area contributed by atoms with Crippen molar-refractivity contribution in [1.82, 2.24) is 19.8 Å². The molecule has 2 saturated heterocycles. The molecule has 2 fully saturated rings. The van der Waals surface area contributed by atoms with Gasteiger partial charge >= 0.3 is 0 Å². The quantitative estimate of drug-likeness (QED) is 0.872. The van der Waals surface area contributed by atoms with Crippen LogP contribution in [0.3, 0.4) is 0 Å². The van der Waals surface area contributed by atoms with Gasteiger partial charge in [-0.15, -0.1) is 0 Å². The van der Waals surface area contributed by atoms with E-state index in [0.29, 0.717) is 0 Å². The second kappa shape index (κ2) is 6.92.